The molecule has 4 nitrogen and oxygen atoms in total. The van der Waals surface area contributed by atoms with E-state index in [0.29, 0.717) is 13.0 Å². The van der Waals surface area contributed by atoms with E-state index in [1.165, 1.54) is 4.88 Å². The Morgan fingerprint density at radius 2 is 2.27 bits per heavy atom. The number of carbonyl (C=O) groups is 1. The fourth-order valence-corrected chi connectivity index (χ4v) is 4.54. The number of aliphatic hydroxyl groups excluding tert-OH is 1. The molecule has 1 saturated carbocycles. The summed E-state index contributed by atoms with van der Waals surface area (Å²) >= 11 is 1.71. The average Bonchev–Trinajstić information content (AvgIpc) is 3.06. The molecule has 1 N–H and O–H groups in total. The summed E-state index contributed by atoms with van der Waals surface area (Å²) < 4.78 is 5.77. The van der Waals surface area contributed by atoms with Gasteiger partial charge in [-0.1, -0.05) is 6.07 Å². The maximum Gasteiger partial charge on any atom is 0.222 e. The van der Waals surface area contributed by atoms with Gasteiger partial charge in [-0.05, 0) is 37.6 Å². The molecule has 0 unspecified atom stereocenters. The lowest BCUT2D eigenvalue weighted by Gasteiger charge is -2.56. The molecular weight excluding hydrogens is 298 g/mol. The molecule has 1 aliphatic heterocycles. The molecule has 1 aliphatic carbocycles. The van der Waals surface area contributed by atoms with Crippen LogP contribution < -0.4 is 0 Å². The first-order valence-corrected chi connectivity index (χ1v) is 9.13. The first-order chi connectivity index (χ1) is 10.7. The quantitative estimate of drug-likeness (QED) is 0.905. The highest BCUT2D eigenvalue weighted by Gasteiger charge is 2.56. The molecule has 2 fully saturated rings. The summed E-state index contributed by atoms with van der Waals surface area (Å²) in [4.78, 5) is 15.6. The van der Waals surface area contributed by atoms with Gasteiger partial charge in [0.2, 0.25) is 5.91 Å². The third-order valence-corrected chi connectivity index (χ3v) is 6.26. The van der Waals surface area contributed by atoms with Crippen LogP contribution in [0.25, 0.3) is 0 Å². The monoisotopic (exact) mass is 323 g/mol. The summed E-state index contributed by atoms with van der Waals surface area (Å²) in [5.74, 6) is 0.241. The second-order valence-electron chi connectivity index (χ2n) is 6.39. The number of likely N-dealkylation sites (tertiary alicyclic amines) is 1. The Bertz CT molecular complexity index is 492. The van der Waals surface area contributed by atoms with Crippen LogP contribution in [-0.2, 0) is 16.0 Å². The summed E-state index contributed by atoms with van der Waals surface area (Å²) in [6.45, 7) is 4.21. The molecule has 0 bridgehead atoms. The van der Waals surface area contributed by atoms with Crippen LogP contribution in [-0.4, -0.2) is 47.8 Å². The van der Waals surface area contributed by atoms with Gasteiger partial charge in [-0.3, -0.25) is 4.79 Å². The van der Waals surface area contributed by atoms with Gasteiger partial charge in [0.05, 0.1) is 12.2 Å². The van der Waals surface area contributed by atoms with E-state index in [1.54, 1.807) is 11.3 Å². The Hall–Kier alpha value is -0.910. The average molecular weight is 323 g/mol. The number of piperidine rings is 1. The van der Waals surface area contributed by atoms with Crippen molar-refractivity contribution in [2.75, 3.05) is 19.7 Å². The van der Waals surface area contributed by atoms with Crippen molar-refractivity contribution in [3.05, 3.63) is 22.4 Å². The molecule has 1 amide bonds. The summed E-state index contributed by atoms with van der Waals surface area (Å²) in [7, 11) is 0. The lowest BCUT2D eigenvalue weighted by molar-refractivity contribution is -0.210. The normalized spacial score (nSPS) is 26.9. The highest BCUT2D eigenvalue weighted by atomic mass is 32.1. The smallest absolute Gasteiger partial charge is 0.222 e. The van der Waals surface area contributed by atoms with E-state index in [1.807, 2.05) is 17.9 Å². The van der Waals surface area contributed by atoms with Gasteiger partial charge >= 0.3 is 0 Å². The number of aryl methyl sites for hydroxylation is 1. The molecule has 1 aromatic heterocycles. The number of hydrogen-bond acceptors (Lipinski definition) is 4. The van der Waals surface area contributed by atoms with Crippen molar-refractivity contribution in [3.63, 3.8) is 0 Å². The molecule has 1 spiro atoms. The fourth-order valence-electron chi connectivity index (χ4n) is 3.83. The molecule has 2 heterocycles. The third kappa shape index (κ3) is 2.94. The maximum absolute atomic E-state index is 12.3. The van der Waals surface area contributed by atoms with Gasteiger partial charge in [-0.2, -0.15) is 0 Å². The lowest BCUT2D eigenvalue weighted by atomic mass is 9.58. The zero-order valence-corrected chi connectivity index (χ0v) is 14.0. The highest BCUT2D eigenvalue weighted by molar-refractivity contribution is 7.09. The molecule has 1 aromatic rings. The van der Waals surface area contributed by atoms with E-state index in [0.717, 1.165) is 38.8 Å². The molecule has 122 valence electrons. The summed E-state index contributed by atoms with van der Waals surface area (Å²) in [6, 6.07) is 4.11. The van der Waals surface area contributed by atoms with Gasteiger partial charge < -0.3 is 14.7 Å². The number of aliphatic hydroxyl groups is 1. The molecular formula is C17H25NO3S. The molecule has 0 radical (unpaired) electrons. The van der Waals surface area contributed by atoms with Gasteiger partial charge in [0, 0.05) is 42.8 Å². The van der Waals surface area contributed by atoms with Crippen LogP contribution in [0.5, 0.6) is 0 Å². The van der Waals surface area contributed by atoms with E-state index in [9.17, 15) is 9.90 Å². The van der Waals surface area contributed by atoms with E-state index < -0.39 is 0 Å². The predicted molar refractivity (Wildman–Crippen MR) is 86.9 cm³/mol. The lowest BCUT2D eigenvalue weighted by Crippen LogP contribution is -2.62. The van der Waals surface area contributed by atoms with Crippen LogP contribution in [0.1, 0.15) is 37.5 Å². The Kier molecular flexibility index (Phi) is 4.85. The largest absolute Gasteiger partial charge is 0.392 e. The second kappa shape index (κ2) is 6.69. The number of rotatable bonds is 5. The number of carbonyl (C=O) groups excluding carboxylic acids is 1. The third-order valence-electron chi connectivity index (χ3n) is 5.32. The van der Waals surface area contributed by atoms with Gasteiger partial charge in [0.15, 0.2) is 0 Å². The first kappa shape index (κ1) is 16.0. The van der Waals surface area contributed by atoms with Crippen LogP contribution in [0.2, 0.25) is 0 Å². The Morgan fingerprint density at radius 1 is 1.50 bits per heavy atom. The first-order valence-electron chi connectivity index (χ1n) is 8.25. The zero-order valence-electron chi connectivity index (χ0n) is 13.2. The van der Waals surface area contributed by atoms with Crippen molar-refractivity contribution in [3.8, 4) is 0 Å². The van der Waals surface area contributed by atoms with Gasteiger partial charge in [-0.25, -0.2) is 0 Å². The molecule has 3 rings (SSSR count). The predicted octanol–water partition coefficient (Wildman–Crippen LogP) is 2.46. The molecule has 2 aliphatic rings. The highest BCUT2D eigenvalue weighted by Crippen LogP contribution is 2.50. The van der Waals surface area contributed by atoms with Crippen molar-refractivity contribution in [1.82, 2.24) is 4.90 Å². The fraction of sp³-hybridized carbons (Fsp3) is 0.706. The van der Waals surface area contributed by atoms with Crippen molar-refractivity contribution in [2.24, 2.45) is 5.41 Å². The van der Waals surface area contributed by atoms with Crippen molar-refractivity contribution >= 4 is 17.2 Å². The van der Waals surface area contributed by atoms with Crippen molar-refractivity contribution < 1.29 is 14.6 Å². The van der Waals surface area contributed by atoms with Crippen molar-refractivity contribution in [1.29, 1.82) is 0 Å². The van der Waals surface area contributed by atoms with Crippen LogP contribution in [0.3, 0.4) is 0 Å². The van der Waals surface area contributed by atoms with Gasteiger partial charge in [-0.15, -0.1) is 11.3 Å². The minimum absolute atomic E-state index is 0.0967. The van der Waals surface area contributed by atoms with E-state index in [4.69, 9.17) is 4.74 Å². The Labute approximate surface area is 136 Å². The minimum atomic E-state index is -0.257. The topological polar surface area (TPSA) is 49.8 Å². The van der Waals surface area contributed by atoms with E-state index in [2.05, 4.69) is 11.4 Å². The summed E-state index contributed by atoms with van der Waals surface area (Å²) in [5.41, 5.74) is -0.0967. The number of thiophene rings is 1. The van der Waals surface area contributed by atoms with E-state index in [-0.39, 0.29) is 23.5 Å². The minimum Gasteiger partial charge on any atom is -0.392 e. The molecule has 5 heteroatoms. The maximum atomic E-state index is 12.3. The Balaban J connectivity index is 1.49. The molecule has 22 heavy (non-hydrogen) atoms. The number of ether oxygens (including phenoxy) is 1. The summed E-state index contributed by atoms with van der Waals surface area (Å²) in [5, 5.41) is 12.2. The van der Waals surface area contributed by atoms with Crippen LogP contribution in [0.4, 0.5) is 0 Å². The van der Waals surface area contributed by atoms with Gasteiger partial charge in [0.1, 0.15) is 0 Å². The number of hydrogen-bond donors (Lipinski definition) is 1. The van der Waals surface area contributed by atoms with Gasteiger partial charge in [0.25, 0.3) is 0 Å². The van der Waals surface area contributed by atoms with Crippen molar-refractivity contribution in [2.45, 2.75) is 51.2 Å². The zero-order chi connectivity index (χ0) is 15.6. The summed E-state index contributed by atoms with van der Waals surface area (Å²) in [6.07, 6.45) is 3.82. The second-order valence-corrected chi connectivity index (χ2v) is 7.42. The number of amides is 1. The Morgan fingerprint density at radius 3 is 2.86 bits per heavy atom. The van der Waals surface area contributed by atoms with E-state index >= 15 is 0 Å². The standard InChI is InChI=1S/C17H25NO3S/c1-2-21-15-12-14(19)17(15)7-9-18(10-8-17)16(20)6-5-13-4-3-11-22-13/h3-4,11,14-15,19H,2,5-10,12H2,1H3/t14-,15+/m0/s1. The SMILES string of the molecule is CCO[C@@H]1C[C@H](O)C12CCN(C(=O)CCc1cccs1)CC2. The van der Waals surface area contributed by atoms with Crippen LogP contribution >= 0.6 is 11.3 Å². The number of nitrogens with zero attached hydrogens (tertiary/aromatic N) is 1. The van der Waals surface area contributed by atoms with Crippen LogP contribution in [0.15, 0.2) is 17.5 Å². The molecule has 1 saturated heterocycles. The van der Waals surface area contributed by atoms with Crippen LogP contribution in [0, 0.1) is 5.41 Å². The molecule has 2 atom stereocenters. The molecule has 0 aromatic carbocycles.